The molecule has 0 saturated carbocycles. The van der Waals surface area contributed by atoms with Gasteiger partial charge in [-0.1, -0.05) is 117 Å². The summed E-state index contributed by atoms with van der Waals surface area (Å²) < 4.78 is 74.9. The third-order valence-electron chi connectivity index (χ3n) is 10.4. The van der Waals surface area contributed by atoms with E-state index in [9.17, 15) is 0 Å². The van der Waals surface area contributed by atoms with E-state index in [1.54, 1.807) is 41.4 Å². The number of alkyl halides is 2. The van der Waals surface area contributed by atoms with Crippen LogP contribution in [0.15, 0.2) is 122 Å². The lowest BCUT2D eigenvalue weighted by atomic mass is 9.78. The van der Waals surface area contributed by atoms with Crippen LogP contribution in [-0.2, 0) is 22.2 Å². The average Bonchev–Trinajstić information content (AvgIpc) is 3.75. The maximum Gasteiger partial charge on any atom is 0.503 e. The predicted octanol–water partition coefficient (Wildman–Crippen LogP) is 12.5. The van der Waals surface area contributed by atoms with Gasteiger partial charge in [0.15, 0.2) is 0 Å². The van der Waals surface area contributed by atoms with Gasteiger partial charge in [-0.15, -0.1) is 0 Å². The largest absolute Gasteiger partial charge is 0.503 e. The number of hydrogen-bond donors (Lipinski definition) is 0. The molecule has 0 unspecified atom stereocenters. The molecule has 0 spiro atoms. The number of pyridine rings is 2. The summed E-state index contributed by atoms with van der Waals surface area (Å²) in [6.45, 7) is 18.9. The van der Waals surface area contributed by atoms with Crippen LogP contribution in [0.5, 0.6) is 0 Å². The molecule has 55 heavy (non-hydrogen) atoms. The normalized spacial score (nSPS) is 14.7. The molecule has 0 fully saturated rings. The Morgan fingerprint density at radius 1 is 0.636 bits per heavy atom. The minimum atomic E-state index is -3.49. The van der Waals surface area contributed by atoms with Gasteiger partial charge in [0.2, 0.25) is 11.4 Å². The van der Waals surface area contributed by atoms with E-state index in [0.717, 1.165) is 38.7 Å². The highest BCUT2D eigenvalue weighted by molar-refractivity contribution is 6.09. The number of nitrogens with zero attached hydrogens (tertiary/aromatic N) is 5. The van der Waals surface area contributed by atoms with Crippen molar-refractivity contribution in [3.63, 3.8) is 0 Å². The molecule has 7 heteroatoms. The van der Waals surface area contributed by atoms with Crippen LogP contribution in [0.25, 0.3) is 27.6 Å². The first kappa shape index (κ1) is 31.6. The van der Waals surface area contributed by atoms with Crippen LogP contribution >= 0.6 is 0 Å². The first-order valence-electron chi connectivity index (χ1n) is 20.6. The highest BCUT2D eigenvalue weighted by Gasteiger charge is 2.43. The van der Waals surface area contributed by atoms with Crippen molar-refractivity contribution in [3.05, 3.63) is 149 Å². The maximum atomic E-state index is 17.2. The van der Waals surface area contributed by atoms with Gasteiger partial charge in [0.05, 0.1) is 22.7 Å². The first-order valence-corrected chi connectivity index (χ1v) is 18.6. The summed E-state index contributed by atoms with van der Waals surface area (Å²) in [5.74, 6) is -2.88. The number of fused-ring (bicyclic) bond motifs is 4. The maximum absolute atomic E-state index is 17.2. The second kappa shape index (κ2) is 12.6. The molecule has 0 atom stereocenters. The summed E-state index contributed by atoms with van der Waals surface area (Å²) in [6.07, 6.45) is 5.16. The molecule has 8 rings (SSSR count). The number of para-hydroxylation sites is 3. The predicted molar refractivity (Wildman–Crippen MR) is 223 cm³/mol. The Labute approximate surface area is 327 Å². The molecule has 1 aliphatic rings. The summed E-state index contributed by atoms with van der Waals surface area (Å²) in [7, 11) is 0. The fourth-order valence-electron chi connectivity index (χ4n) is 7.49. The Balaban J connectivity index is 1.34. The van der Waals surface area contributed by atoms with Crippen molar-refractivity contribution in [2.75, 3.05) is 0 Å². The summed E-state index contributed by atoms with van der Waals surface area (Å²) in [5, 5.41) is 1.65. The zero-order chi connectivity index (χ0) is 42.6. The van der Waals surface area contributed by atoms with Crippen LogP contribution in [0.1, 0.15) is 95.6 Å². The Bertz CT molecular complexity index is 2930. The van der Waals surface area contributed by atoms with E-state index in [1.807, 2.05) is 41.0 Å². The SMILES string of the molecule is [2H]c1c([2H])c([2H])c2c(c1[2H])[N+](c1cccc(C(F)(F)c3ccc4c5ccncc5n(-c5cc(C(C)(C)C)ccn5)c4c3)c1)=C=[N+]2c1c(C(C)(C)C)cccc1C(C)(C)C. The molecular weight excluding hydrogens is 685 g/mol. The van der Waals surface area contributed by atoms with E-state index in [1.165, 1.54) is 28.8 Å². The molecule has 0 bridgehead atoms. The number of halogens is 2. The number of benzene rings is 4. The second-order valence-corrected chi connectivity index (χ2v) is 17.4. The Hall–Kier alpha value is -5.78. The molecule has 0 N–H and O–H groups in total. The van der Waals surface area contributed by atoms with E-state index in [0.29, 0.717) is 11.3 Å². The summed E-state index contributed by atoms with van der Waals surface area (Å²) in [4.78, 5) is 9.06. The third kappa shape index (κ3) is 6.17. The average molecular weight is 736 g/mol. The number of aromatic nitrogens is 3. The fourth-order valence-corrected chi connectivity index (χ4v) is 7.49. The molecule has 7 aromatic rings. The third-order valence-corrected chi connectivity index (χ3v) is 10.4. The van der Waals surface area contributed by atoms with Crippen LogP contribution in [0.2, 0.25) is 0 Å². The number of rotatable bonds is 5. The lowest BCUT2D eigenvalue weighted by Crippen LogP contribution is -2.21. The van der Waals surface area contributed by atoms with Crippen molar-refractivity contribution in [2.45, 2.75) is 84.5 Å². The molecular formula is C48H47F2N5+2. The minimum Gasteiger partial charge on any atom is -0.292 e. The van der Waals surface area contributed by atoms with Gasteiger partial charge in [0.1, 0.15) is 5.82 Å². The topological polar surface area (TPSA) is 36.7 Å². The fraction of sp³-hybridized carbons (Fsp3) is 0.271. The van der Waals surface area contributed by atoms with Crippen LogP contribution in [0.3, 0.4) is 0 Å². The van der Waals surface area contributed by atoms with Crippen LogP contribution < -0.4 is 9.15 Å². The van der Waals surface area contributed by atoms with Gasteiger partial charge in [0.25, 0.3) is 17.3 Å². The van der Waals surface area contributed by atoms with Gasteiger partial charge >= 0.3 is 6.01 Å². The van der Waals surface area contributed by atoms with E-state index in [4.69, 9.17) is 5.48 Å². The van der Waals surface area contributed by atoms with Gasteiger partial charge in [0, 0.05) is 69.6 Å². The smallest absolute Gasteiger partial charge is 0.292 e. The molecule has 3 aromatic heterocycles. The highest BCUT2D eigenvalue weighted by Crippen LogP contribution is 2.45. The molecule has 1 aliphatic heterocycles. The summed E-state index contributed by atoms with van der Waals surface area (Å²) in [5.41, 5.74) is 4.18. The zero-order valence-electron chi connectivity index (χ0n) is 36.7. The van der Waals surface area contributed by atoms with Crippen molar-refractivity contribution in [3.8, 4) is 5.82 Å². The van der Waals surface area contributed by atoms with Gasteiger partial charge in [-0.25, -0.2) is 4.98 Å². The molecule has 5 nitrogen and oxygen atoms in total. The second-order valence-electron chi connectivity index (χ2n) is 17.4. The summed E-state index contributed by atoms with van der Waals surface area (Å²) >= 11 is 0. The van der Waals surface area contributed by atoms with Gasteiger partial charge in [-0.2, -0.15) is 8.78 Å². The molecule has 0 amide bonds. The van der Waals surface area contributed by atoms with Crippen molar-refractivity contribution in [2.24, 2.45) is 0 Å². The van der Waals surface area contributed by atoms with Gasteiger partial charge in [-0.3, -0.25) is 9.55 Å². The zero-order valence-corrected chi connectivity index (χ0v) is 32.7. The minimum absolute atomic E-state index is 0.129. The quantitative estimate of drug-likeness (QED) is 0.165. The molecule has 0 radical (unpaired) electrons. The highest BCUT2D eigenvalue weighted by atomic mass is 19.3. The van der Waals surface area contributed by atoms with E-state index in [-0.39, 0.29) is 56.5 Å². The Kier molecular flexibility index (Phi) is 7.25. The van der Waals surface area contributed by atoms with Gasteiger partial charge < -0.3 is 0 Å². The molecule has 4 heterocycles. The van der Waals surface area contributed by atoms with Crippen LogP contribution in [-0.4, -0.2) is 20.5 Å². The molecule has 0 aliphatic carbocycles. The number of hydrogen-bond acceptors (Lipinski definition) is 2. The monoisotopic (exact) mass is 735 g/mol. The molecule has 4 aromatic carbocycles. The van der Waals surface area contributed by atoms with Crippen molar-refractivity contribution in [1.82, 2.24) is 23.7 Å². The van der Waals surface area contributed by atoms with Gasteiger partial charge in [-0.05, 0) is 55.2 Å². The van der Waals surface area contributed by atoms with Crippen molar-refractivity contribution < 1.29 is 14.3 Å². The van der Waals surface area contributed by atoms with Crippen molar-refractivity contribution in [1.29, 1.82) is 0 Å². The van der Waals surface area contributed by atoms with Crippen LogP contribution in [0.4, 0.5) is 31.5 Å². The van der Waals surface area contributed by atoms with E-state index >= 15 is 8.78 Å². The van der Waals surface area contributed by atoms with Crippen LogP contribution in [0, 0.1) is 0 Å². The lowest BCUT2D eigenvalue weighted by molar-refractivity contribution is 0.0430. The molecule has 276 valence electrons. The summed E-state index contributed by atoms with van der Waals surface area (Å²) in [6, 6.07) is 24.5. The Morgan fingerprint density at radius 2 is 1.27 bits per heavy atom. The molecule has 0 saturated heterocycles. The van der Waals surface area contributed by atoms with Crippen molar-refractivity contribution >= 4 is 50.6 Å². The standard InChI is InChI=1S/C48H47F2N5/c1-45(2,3)31-22-25-52-43(28-31)55-41-27-33(20-21-35(41)36-23-24-51-29-42(36)55)48(49,50)32-14-12-15-34(26-32)53-30-54(40-19-11-10-18-39(40)53)44-37(46(4,5)6)16-13-17-38(44)47(7,8)9/h10-29H,1-9H3/q+2/i10D,11D,18D,19D. The van der Waals surface area contributed by atoms with E-state index in [2.05, 4.69) is 78.3 Å². The van der Waals surface area contributed by atoms with E-state index < -0.39 is 18.0 Å². The first-order chi connectivity index (χ1) is 27.6. The lowest BCUT2D eigenvalue weighted by Gasteiger charge is -2.25. The Morgan fingerprint density at radius 3 is 1.95 bits per heavy atom.